The average Bonchev–Trinajstić information content (AvgIpc) is 3.36. The number of carbonyl (C=O) groups excluding carboxylic acids is 1. The van der Waals surface area contributed by atoms with Crippen molar-refractivity contribution in [3.63, 3.8) is 0 Å². The number of carbonyl (C=O) groups is 1. The summed E-state index contributed by atoms with van der Waals surface area (Å²) in [6.45, 7) is 11.1. The van der Waals surface area contributed by atoms with Crippen LogP contribution < -0.4 is 4.74 Å². The van der Waals surface area contributed by atoms with Crippen molar-refractivity contribution in [3.05, 3.63) is 81.5 Å². The van der Waals surface area contributed by atoms with Gasteiger partial charge in [-0.25, -0.2) is 8.42 Å². The highest BCUT2D eigenvalue weighted by molar-refractivity contribution is 7.89. The van der Waals surface area contributed by atoms with Crippen LogP contribution in [0.1, 0.15) is 61.2 Å². The molecule has 0 spiro atoms. The molecule has 4 rings (SSSR count). The number of sulfonamides is 1. The van der Waals surface area contributed by atoms with E-state index in [0.29, 0.717) is 19.1 Å². The fourth-order valence-electron chi connectivity index (χ4n) is 4.75. The topological polar surface area (TPSA) is 66.9 Å². The second-order valence-corrected chi connectivity index (χ2v) is 13.6. The number of benzene rings is 2. The molecule has 3 aromatic rings. The zero-order chi connectivity index (χ0) is 27.4. The number of hydrogen-bond acceptors (Lipinski definition) is 5. The van der Waals surface area contributed by atoms with Gasteiger partial charge in [0, 0.05) is 18.0 Å². The minimum atomic E-state index is -3.82. The zero-order valence-corrected chi connectivity index (χ0v) is 24.5. The Morgan fingerprint density at radius 2 is 1.74 bits per heavy atom. The van der Waals surface area contributed by atoms with Gasteiger partial charge in [-0.1, -0.05) is 57.5 Å². The number of ether oxygens (including phenoxy) is 1. The van der Waals surface area contributed by atoms with Crippen LogP contribution in [0.25, 0.3) is 0 Å². The lowest BCUT2D eigenvalue weighted by molar-refractivity contribution is -0.135. The van der Waals surface area contributed by atoms with Crippen LogP contribution in [-0.2, 0) is 21.2 Å². The van der Waals surface area contributed by atoms with E-state index in [0.717, 1.165) is 23.3 Å². The van der Waals surface area contributed by atoms with Crippen LogP contribution in [0.2, 0.25) is 0 Å². The molecule has 1 atom stereocenters. The van der Waals surface area contributed by atoms with E-state index in [1.807, 2.05) is 32.9 Å². The first-order valence-corrected chi connectivity index (χ1v) is 15.5. The highest BCUT2D eigenvalue weighted by Crippen LogP contribution is 2.34. The Labute approximate surface area is 231 Å². The number of amides is 1. The zero-order valence-electron chi connectivity index (χ0n) is 22.9. The van der Waals surface area contributed by atoms with Gasteiger partial charge in [0.1, 0.15) is 12.4 Å². The maximum atomic E-state index is 13.8. The van der Waals surface area contributed by atoms with Crippen molar-refractivity contribution in [1.29, 1.82) is 0 Å². The third-order valence-corrected chi connectivity index (χ3v) is 9.73. The van der Waals surface area contributed by atoms with Crippen molar-refractivity contribution in [3.8, 4) is 5.75 Å². The van der Waals surface area contributed by atoms with Crippen molar-refractivity contribution in [2.45, 2.75) is 57.9 Å². The average molecular weight is 555 g/mol. The van der Waals surface area contributed by atoms with Crippen molar-refractivity contribution in [1.82, 2.24) is 9.21 Å². The minimum Gasteiger partial charge on any atom is -0.491 e. The molecule has 2 heterocycles. The molecule has 0 unspecified atom stereocenters. The summed E-state index contributed by atoms with van der Waals surface area (Å²) >= 11 is 1.69. The van der Waals surface area contributed by atoms with Gasteiger partial charge in [-0.3, -0.25) is 4.79 Å². The van der Waals surface area contributed by atoms with Crippen LogP contribution in [-0.4, -0.2) is 49.8 Å². The molecular formula is C30H38N2O4S2. The quantitative estimate of drug-likeness (QED) is 0.307. The minimum absolute atomic E-state index is 0.0702. The van der Waals surface area contributed by atoms with Gasteiger partial charge in [-0.05, 0) is 72.0 Å². The highest BCUT2D eigenvalue weighted by Gasteiger charge is 2.35. The number of nitrogens with zero attached hydrogens (tertiary/aromatic N) is 2. The molecular weight excluding hydrogens is 516 g/mol. The van der Waals surface area contributed by atoms with Gasteiger partial charge in [-0.15, -0.1) is 11.3 Å². The number of rotatable bonds is 10. The first-order valence-electron chi connectivity index (χ1n) is 13.2. The van der Waals surface area contributed by atoms with E-state index in [1.165, 1.54) is 14.7 Å². The van der Waals surface area contributed by atoms with Crippen LogP contribution in [0.3, 0.4) is 0 Å². The number of fused-ring (bicyclic) bond motifs is 1. The molecule has 204 valence electrons. The smallest absolute Gasteiger partial charge is 0.243 e. The summed E-state index contributed by atoms with van der Waals surface area (Å²) in [5.74, 6) is 1.06. The first kappa shape index (κ1) is 28.3. The predicted molar refractivity (Wildman–Crippen MR) is 153 cm³/mol. The number of hydrogen-bond donors (Lipinski definition) is 0. The van der Waals surface area contributed by atoms with E-state index in [1.54, 1.807) is 40.5 Å². The Balaban J connectivity index is 1.55. The van der Waals surface area contributed by atoms with Crippen molar-refractivity contribution < 1.29 is 17.9 Å². The Kier molecular flexibility index (Phi) is 8.96. The van der Waals surface area contributed by atoms with Crippen LogP contribution in [0.15, 0.2) is 64.9 Å². The Morgan fingerprint density at radius 1 is 1.05 bits per heavy atom. The molecule has 0 saturated carbocycles. The summed E-state index contributed by atoms with van der Waals surface area (Å²) in [5, 5.41) is 2.05. The Hall–Kier alpha value is -2.68. The van der Waals surface area contributed by atoms with Gasteiger partial charge < -0.3 is 9.64 Å². The molecule has 0 radical (unpaired) electrons. The van der Waals surface area contributed by atoms with E-state index in [9.17, 15) is 13.2 Å². The fraction of sp³-hybridized carbons (Fsp3) is 0.433. The normalized spacial score (nSPS) is 15.8. The van der Waals surface area contributed by atoms with Crippen LogP contribution >= 0.6 is 11.3 Å². The molecule has 0 saturated heterocycles. The maximum absolute atomic E-state index is 13.8. The van der Waals surface area contributed by atoms with E-state index < -0.39 is 10.0 Å². The SMILES string of the molecule is Cc1ccc(S(=O)(=O)N(CC(=O)N2CCc3sccc3[C@H]2COc2ccc(C(C)C)cc2)CC(C)C)cc1. The summed E-state index contributed by atoms with van der Waals surface area (Å²) in [6.07, 6.45) is 0.757. The van der Waals surface area contributed by atoms with Gasteiger partial charge in [0.25, 0.3) is 0 Å². The van der Waals surface area contributed by atoms with Crippen molar-refractivity contribution >= 4 is 27.3 Å². The van der Waals surface area contributed by atoms with Gasteiger partial charge in [0.15, 0.2) is 0 Å². The van der Waals surface area contributed by atoms with E-state index in [2.05, 4.69) is 37.4 Å². The third kappa shape index (κ3) is 6.47. The molecule has 0 bridgehead atoms. The largest absolute Gasteiger partial charge is 0.491 e. The maximum Gasteiger partial charge on any atom is 0.243 e. The van der Waals surface area contributed by atoms with Crippen LogP contribution in [0.5, 0.6) is 5.75 Å². The first-order chi connectivity index (χ1) is 18.1. The molecule has 0 N–H and O–H groups in total. The second-order valence-electron chi connectivity index (χ2n) is 10.7. The van der Waals surface area contributed by atoms with Crippen molar-refractivity contribution in [2.24, 2.45) is 5.92 Å². The number of thiophene rings is 1. The molecule has 6 nitrogen and oxygen atoms in total. The Bertz CT molecular complexity index is 1330. The molecule has 1 amide bonds. The standard InChI is InChI=1S/C30H38N2O4S2/c1-21(2)18-31(38(34,35)26-12-6-23(5)7-13-26)19-30(33)32-16-14-29-27(15-17-37-29)28(32)20-36-25-10-8-24(9-11-25)22(3)4/h6-13,15,17,21-22,28H,14,16,18-20H2,1-5H3/t28-/m1/s1. The van der Waals surface area contributed by atoms with Gasteiger partial charge in [0.05, 0.1) is 17.5 Å². The highest BCUT2D eigenvalue weighted by atomic mass is 32.2. The molecule has 38 heavy (non-hydrogen) atoms. The number of aryl methyl sites for hydroxylation is 1. The summed E-state index contributed by atoms with van der Waals surface area (Å²) in [5.41, 5.74) is 3.31. The lowest BCUT2D eigenvalue weighted by Crippen LogP contribution is -2.48. The van der Waals surface area contributed by atoms with Crippen LogP contribution in [0, 0.1) is 12.8 Å². The van der Waals surface area contributed by atoms with Crippen molar-refractivity contribution in [2.75, 3.05) is 26.2 Å². The lowest BCUT2D eigenvalue weighted by Gasteiger charge is -2.37. The fourth-order valence-corrected chi connectivity index (χ4v) is 7.24. The molecule has 0 aliphatic carbocycles. The summed E-state index contributed by atoms with van der Waals surface area (Å²) in [6, 6.07) is 16.7. The lowest BCUT2D eigenvalue weighted by atomic mass is 10.0. The van der Waals surface area contributed by atoms with Gasteiger partial charge >= 0.3 is 0 Å². The monoisotopic (exact) mass is 554 g/mol. The Morgan fingerprint density at radius 3 is 2.37 bits per heavy atom. The predicted octanol–water partition coefficient (Wildman–Crippen LogP) is 6.03. The van der Waals surface area contributed by atoms with Gasteiger partial charge in [0.2, 0.25) is 15.9 Å². The van der Waals surface area contributed by atoms with E-state index >= 15 is 0 Å². The summed E-state index contributed by atoms with van der Waals surface area (Å²) in [4.78, 5) is 17.0. The van der Waals surface area contributed by atoms with E-state index in [4.69, 9.17) is 4.74 Å². The molecule has 2 aromatic carbocycles. The molecule has 1 aromatic heterocycles. The molecule has 8 heteroatoms. The summed E-state index contributed by atoms with van der Waals surface area (Å²) in [7, 11) is -3.82. The summed E-state index contributed by atoms with van der Waals surface area (Å²) < 4.78 is 34.6. The molecule has 1 aliphatic heterocycles. The molecule has 0 fully saturated rings. The van der Waals surface area contributed by atoms with Crippen LogP contribution in [0.4, 0.5) is 0 Å². The van der Waals surface area contributed by atoms with Gasteiger partial charge in [-0.2, -0.15) is 4.31 Å². The van der Waals surface area contributed by atoms with E-state index in [-0.39, 0.29) is 35.9 Å². The third-order valence-electron chi connectivity index (χ3n) is 6.91. The second kappa shape index (κ2) is 12.0. The molecule has 1 aliphatic rings.